The van der Waals surface area contributed by atoms with Crippen molar-refractivity contribution in [3.8, 4) is 5.75 Å². The number of hydrogen-bond donors (Lipinski definition) is 1. The summed E-state index contributed by atoms with van der Waals surface area (Å²) in [6, 6.07) is 17.0. The second-order valence-corrected chi connectivity index (χ2v) is 6.89. The summed E-state index contributed by atoms with van der Waals surface area (Å²) in [5.41, 5.74) is 2.31. The molecule has 0 amide bonds. The van der Waals surface area contributed by atoms with Gasteiger partial charge in [0.1, 0.15) is 12.4 Å². The lowest BCUT2D eigenvalue weighted by molar-refractivity contribution is 0.298. The smallest absolute Gasteiger partial charge is 0.255 e. The first-order valence-electron chi connectivity index (χ1n) is 9.09. The summed E-state index contributed by atoms with van der Waals surface area (Å²) in [4.78, 5) is 13.1. The Morgan fingerprint density at radius 1 is 1.18 bits per heavy atom. The summed E-state index contributed by atoms with van der Waals surface area (Å²) in [6.07, 6.45) is 1.70. The van der Waals surface area contributed by atoms with Crippen LogP contribution in [-0.4, -0.2) is 17.7 Å². The average molecular weight is 395 g/mol. The fourth-order valence-electron chi connectivity index (χ4n) is 2.95. The molecule has 0 fully saturated rings. The van der Waals surface area contributed by atoms with E-state index in [1.165, 1.54) is 0 Å². The van der Waals surface area contributed by atoms with Crippen LogP contribution < -0.4 is 15.6 Å². The Balaban J connectivity index is 1.85. The van der Waals surface area contributed by atoms with Gasteiger partial charge in [-0.05, 0) is 41.3 Å². The number of nitrogens with zero attached hydrogens (tertiary/aromatic N) is 1. The highest BCUT2D eigenvalue weighted by atomic mass is 35.5. The molecule has 0 spiro atoms. The number of ether oxygens (including phenoxy) is 1. The highest BCUT2D eigenvalue weighted by Gasteiger charge is 2.10. The van der Waals surface area contributed by atoms with E-state index in [0.29, 0.717) is 36.8 Å². The van der Waals surface area contributed by atoms with Gasteiger partial charge in [0.2, 0.25) is 0 Å². The number of aromatic nitrogens is 1. The molecule has 0 saturated heterocycles. The second kappa shape index (κ2) is 9.40. The van der Waals surface area contributed by atoms with Crippen LogP contribution in [0.15, 0.2) is 84.2 Å². The van der Waals surface area contributed by atoms with Crippen molar-refractivity contribution < 1.29 is 4.74 Å². The largest absolute Gasteiger partial charge is 0.492 e. The quantitative estimate of drug-likeness (QED) is 0.541. The molecule has 3 rings (SSSR count). The standard InChI is InChI=1S/C23H23ClN2O2/c1-3-17(2)15-25-16-19-13-18-9-10-20(24)14-22(18)26(23(19)27)11-12-28-21-7-5-4-6-8-21/h3-10,13-14,25H,1-2,11-12,15-16H2. The maximum absolute atomic E-state index is 13.1. The topological polar surface area (TPSA) is 43.3 Å². The van der Waals surface area contributed by atoms with Crippen LogP contribution in [0, 0.1) is 0 Å². The maximum atomic E-state index is 13.1. The SMILES string of the molecule is C=CC(=C)CNCc1cc2ccc(Cl)cc2n(CCOc2ccccc2)c1=O. The summed E-state index contributed by atoms with van der Waals surface area (Å²) in [7, 11) is 0. The van der Waals surface area contributed by atoms with Crippen LogP contribution in [-0.2, 0) is 13.1 Å². The number of hydrogen-bond acceptors (Lipinski definition) is 3. The van der Waals surface area contributed by atoms with Crippen LogP contribution in [0.3, 0.4) is 0 Å². The summed E-state index contributed by atoms with van der Waals surface area (Å²) in [5.74, 6) is 0.777. The summed E-state index contributed by atoms with van der Waals surface area (Å²) in [5, 5.41) is 4.79. The predicted octanol–water partition coefficient (Wildman–Crippen LogP) is 4.57. The lowest BCUT2D eigenvalue weighted by Gasteiger charge is -2.14. The molecule has 0 unspecified atom stereocenters. The summed E-state index contributed by atoms with van der Waals surface area (Å²) in [6.45, 7) is 9.42. The van der Waals surface area contributed by atoms with Gasteiger partial charge in [0.25, 0.3) is 5.56 Å². The van der Waals surface area contributed by atoms with Crippen LogP contribution >= 0.6 is 11.6 Å². The van der Waals surface area contributed by atoms with Gasteiger partial charge in [-0.1, -0.05) is 55.1 Å². The first kappa shape index (κ1) is 19.9. The minimum Gasteiger partial charge on any atom is -0.492 e. The second-order valence-electron chi connectivity index (χ2n) is 6.46. The molecule has 0 aliphatic heterocycles. The van der Waals surface area contributed by atoms with E-state index in [0.717, 1.165) is 22.2 Å². The number of halogens is 1. The lowest BCUT2D eigenvalue weighted by atomic mass is 10.1. The fraction of sp³-hybridized carbons (Fsp3) is 0.174. The normalized spacial score (nSPS) is 10.8. The van der Waals surface area contributed by atoms with Gasteiger partial charge in [-0.3, -0.25) is 4.79 Å². The minimum atomic E-state index is -0.0526. The van der Waals surface area contributed by atoms with Gasteiger partial charge in [-0.15, -0.1) is 0 Å². The van der Waals surface area contributed by atoms with Crippen molar-refractivity contribution in [3.05, 3.63) is 100 Å². The highest BCUT2D eigenvalue weighted by molar-refractivity contribution is 6.31. The molecule has 0 aliphatic rings. The fourth-order valence-corrected chi connectivity index (χ4v) is 3.12. The number of fused-ring (bicyclic) bond motifs is 1. The van der Waals surface area contributed by atoms with E-state index >= 15 is 0 Å². The molecule has 2 aromatic carbocycles. The van der Waals surface area contributed by atoms with Gasteiger partial charge in [-0.2, -0.15) is 0 Å². The third kappa shape index (κ3) is 4.91. The van der Waals surface area contributed by atoms with Crippen molar-refractivity contribution in [2.24, 2.45) is 0 Å². The number of para-hydroxylation sites is 1. The van der Waals surface area contributed by atoms with Crippen LogP contribution in [0.5, 0.6) is 5.75 Å². The molecule has 28 heavy (non-hydrogen) atoms. The van der Waals surface area contributed by atoms with Gasteiger partial charge in [0.15, 0.2) is 0 Å². The van der Waals surface area contributed by atoms with Crippen LogP contribution in [0.25, 0.3) is 10.9 Å². The monoisotopic (exact) mass is 394 g/mol. The molecule has 144 valence electrons. The van der Waals surface area contributed by atoms with Gasteiger partial charge in [-0.25, -0.2) is 0 Å². The van der Waals surface area contributed by atoms with E-state index in [1.807, 2.05) is 54.6 Å². The first-order valence-corrected chi connectivity index (χ1v) is 9.47. The van der Waals surface area contributed by atoms with Crippen molar-refractivity contribution in [1.82, 2.24) is 9.88 Å². The van der Waals surface area contributed by atoms with E-state index in [9.17, 15) is 4.79 Å². The van der Waals surface area contributed by atoms with Crippen molar-refractivity contribution in [2.75, 3.05) is 13.2 Å². The molecule has 3 aromatic rings. The Bertz CT molecular complexity index is 1040. The van der Waals surface area contributed by atoms with Gasteiger partial charge >= 0.3 is 0 Å². The maximum Gasteiger partial charge on any atom is 0.255 e. The number of pyridine rings is 1. The third-order valence-electron chi connectivity index (χ3n) is 4.42. The molecule has 4 nitrogen and oxygen atoms in total. The van der Waals surface area contributed by atoms with Crippen molar-refractivity contribution in [2.45, 2.75) is 13.1 Å². The van der Waals surface area contributed by atoms with Gasteiger partial charge in [0, 0.05) is 23.7 Å². The molecular weight excluding hydrogens is 372 g/mol. The van der Waals surface area contributed by atoms with Gasteiger partial charge < -0.3 is 14.6 Å². The number of benzene rings is 2. The molecule has 5 heteroatoms. The molecule has 0 saturated carbocycles. The Labute approximate surface area is 169 Å². The van der Waals surface area contributed by atoms with Crippen LogP contribution in [0.4, 0.5) is 0 Å². The molecule has 1 aromatic heterocycles. The molecule has 0 radical (unpaired) electrons. The average Bonchev–Trinajstić information content (AvgIpc) is 2.71. The zero-order valence-electron chi connectivity index (χ0n) is 15.7. The molecule has 0 bridgehead atoms. The third-order valence-corrected chi connectivity index (χ3v) is 4.65. The van der Waals surface area contributed by atoms with Crippen molar-refractivity contribution >= 4 is 22.5 Å². The number of rotatable bonds is 9. The Morgan fingerprint density at radius 3 is 2.71 bits per heavy atom. The molecule has 1 heterocycles. The lowest BCUT2D eigenvalue weighted by Crippen LogP contribution is -2.29. The summed E-state index contributed by atoms with van der Waals surface area (Å²) < 4.78 is 7.51. The van der Waals surface area contributed by atoms with Crippen molar-refractivity contribution in [1.29, 1.82) is 0 Å². The highest BCUT2D eigenvalue weighted by Crippen LogP contribution is 2.19. The Hall–Kier alpha value is -2.82. The van der Waals surface area contributed by atoms with E-state index in [1.54, 1.807) is 10.6 Å². The van der Waals surface area contributed by atoms with E-state index < -0.39 is 0 Å². The molecule has 1 N–H and O–H groups in total. The van der Waals surface area contributed by atoms with Crippen molar-refractivity contribution in [3.63, 3.8) is 0 Å². The van der Waals surface area contributed by atoms with E-state index in [4.69, 9.17) is 16.3 Å². The first-order chi connectivity index (χ1) is 13.6. The molecule has 0 aliphatic carbocycles. The van der Waals surface area contributed by atoms with E-state index in [-0.39, 0.29) is 5.56 Å². The molecular formula is C23H23ClN2O2. The number of nitrogens with one attached hydrogen (secondary N) is 1. The van der Waals surface area contributed by atoms with Crippen LogP contribution in [0.2, 0.25) is 5.02 Å². The zero-order valence-corrected chi connectivity index (χ0v) is 16.4. The molecule has 0 atom stereocenters. The van der Waals surface area contributed by atoms with E-state index in [2.05, 4.69) is 18.5 Å². The zero-order chi connectivity index (χ0) is 19.9. The summed E-state index contributed by atoms with van der Waals surface area (Å²) >= 11 is 6.17. The van der Waals surface area contributed by atoms with Gasteiger partial charge in [0.05, 0.1) is 12.1 Å². The Kier molecular flexibility index (Phi) is 6.69. The predicted molar refractivity (Wildman–Crippen MR) is 116 cm³/mol. The Morgan fingerprint density at radius 2 is 1.96 bits per heavy atom. The van der Waals surface area contributed by atoms with Crippen LogP contribution in [0.1, 0.15) is 5.56 Å². The minimum absolute atomic E-state index is 0.0526.